The van der Waals surface area contributed by atoms with Gasteiger partial charge in [0.25, 0.3) is 5.24 Å². The molecule has 1 aromatic rings. The van der Waals surface area contributed by atoms with E-state index in [1.54, 1.807) is 12.1 Å². The average molecular weight is 306 g/mol. The number of carbonyl (C=O) groups is 1. The molecule has 0 bridgehead atoms. The number of benzene rings is 1. The van der Waals surface area contributed by atoms with Gasteiger partial charge in [0.1, 0.15) is 6.07 Å². The number of nitrogens with zero attached hydrogens (tertiary/aromatic N) is 1. The van der Waals surface area contributed by atoms with Crippen LogP contribution in [0.15, 0.2) is 12.1 Å². The van der Waals surface area contributed by atoms with Gasteiger partial charge in [0, 0.05) is 3.57 Å². The molecular weight excluding hydrogens is 300 g/mol. The Hall–Kier alpha value is -0.600. The van der Waals surface area contributed by atoms with Crippen molar-refractivity contribution in [3.8, 4) is 6.07 Å². The molecule has 2 nitrogen and oxygen atoms in total. The zero-order valence-electron chi connectivity index (χ0n) is 6.77. The second-order valence-electron chi connectivity index (χ2n) is 2.50. The van der Waals surface area contributed by atoms with Gasteiger partial charge in [-0.15, -0.1) is 0 Å². The van der Waals surface area contributed by atoms with Gasteiger partial charge in [0.2, 0.25) is 0 Å². The highest BCUT2D eigenvalue weighted by Crippen LogP contribution is 2.21. The fourth-order valence-electron chi connectivity index (χ4n) is 0.953. The van der Waals surface area contributed by atoms with Crippen molar-refractivity contribution in [2.24, 2.45) is 0 Å². The van der Waals surface area contributed by atoms with Crippen molar-refractivity contribution in [1.29, 1.82) is 5.26 Å². The molecule has 0 aliphatic heterocycles. The molecule has 0 aromatic heterocycles. The maximum absolute atomic E-state index is 10.9. The zero-order valence-corrected chi connectivity index (χ0v) is 9.68. The van der Waals surface area contributed by atoms with E-state index in [9.17, 15) is 4.79 Å². The lowest BCUT2D eigenvalue weighted by Crippen LogP contribution is -1.98. The molecule has 0 heterocycles. The summed E-state index contributed by atoms with van der Waals surface area (Å²) in [6.45, 7) is 1.88. The van der Waals surface area contributed by atoms with Crippen molar-refractivity contribution in [3.05, 3.63) is 32.4 Å². The number of nitriles is 1. The predicted octanol–water partition coefficient (Wildman–Crippen LogP) is 2.85. The molecule has 0 aliphatic carbocycles. The highest BCUT2D eigenvalue weighted by atomic mass is 127. The zero-order chi connectivity index (χ0) is 10.0. The summed E-state index contributed by atoms with van der Waals surface area (Å²) < 4.78 is 0.784. The van der Waals surface area contributed by atoms with Crippen molar-refractivity contribution in [1.82, 2.24) is 0 Å². The van der Waals surface area contributed by atoms with Gasteiger partial charge in [-0.1, -0.05) is 6.07 Å². The second-order valence-corrected chi connectivity index (χ2v) is 3.93. The van der Waals surface area contributed by atoms with Gasteiger partial charge in [-0.2, -0.15) is 5.26 Å². The van der Waals surface area contributed by atoms with Crippen LogP contribution in [0.3, 0.4) is 0 Å². The number of carbonyl (C=O) groups excluding carboxylic acids is 1. The van der Waals surface area contributed by atoms with Crippen LogP contribution in [0.1, 0.15) is 21.5 Å². The Balaban J connectivity index is 3.50. The van der Waals surface area contributed by atoms with Gasteiger partial charge < -0.3 is 0 Å². The minimum Gasteiger partial charge on any atom is -0.276 e. The summed E-state index contributed by atoms with van der Waals surface area (Å²) in [5.41, 5.74) is 1.61. The van der Waals surface area contributed by atoms with Crippen LogP contribution in [0.4, 0.5) is 0 Å². The molecule has 4 heteroatoms. The normalized spacial score (nSPS) is 9.38. The van der Waals surface area contributed by atoms with Crippen LogP contribution in [0.5, 0.6) is 0 Å². The molecule has 0 atom stereocenters. The van der Waals surface area contributed by atoms with Crippen LogP contribution >= 0.6 is 34.2 Å². The van der Waals surface area contributed by atoms with Gasteiger partial charge in [0.05, 0.1) is 11.1 Å². The molecule has 0 N–H and O–H groups in total. The first kappa shape index (κ1) is 10.5. The third-order valence-corrected chi connectivity index (χ3v) is 3.25. The van der Waals surface area contributed by atoms with E-state index in [1.807, 2.05) is 35.6 Å². The molecule has 1 rings (SSSR count). The summed E-state index contributed by atoms with van der Waals surface area (Å²) >= 11 is 7.35. The van der Waals surface area contributed by atoms with E-state index >= 15 is 0 Å². The van der Waals surface area contributed by atoms with E-state index in [2.05, 4.69) is 0 Å². The molecule has 0 spiro atoms. The van der Waals surface area contributed by atoms with Crippen molar-refractivity contribution in [3.63, 3.8) is 0 Å². The Labute approximate surface area is 94.6 Å². The standard InChI is InChI=1S/C9H5ClINO/c1-5-2-3-6(9(10)13)7(4-12)8(5)11/h2-3H,1H3. The largest absolute Gasteiger partial charge is 0.276 e. The fraction of sp³-hybridized carbons (Fsp3) is 0.111. The van der Waals surface area contributed by atoms with Gasteiger partial charge in [-0.05, 0) is 52.7 Å². The Morgan fingerprint density at radius 1 is 1.62 bits per heavy atom. The number of rotatable bonds is 1. The van der Waals surface area contributed by atoms with E-state index < -0.39 is 5.24 Å². The Morgan fingerprint density at radius 2 is 2.23 bits per heavy atom. The van der Waals surface area contributed by atoms with E-state index in [1.165, 1.54) is 0 Å². The molecule has 1 aromatic carbocycles. The average Bonchev–Trinajstić information content (AvgIpc) is 2.09. The predicted molar refractivity (Wildman–Crippen MR) is 58.8 cm³/mol. The maximum atomic E-state index is 10.9. The monoisotopic (exact) mass is 305 g/mol. The van der Waals surface area contributed by atoms with E-state index in [-0.39, 0.29) is 5.56 Å². The first-order valence-corrected chi connectivity index (χ1v) is 4.92. The lowest BCUT2D eigenvalue weighted by Gasteiger charge is -2.03. The van der Waals surface area contributed by atoms with Crippen molar-refractivity contribution in [2.75, 3.05) is 0 Å². The maximum Gasteiger partial charge on any atom is 0.253 e. The lowest BCUT2D eigenvalue weighted by atomic mass is 10.1. The highest BCUT2D eigenvalue weighted by Gasteiger charge is 2.12. The van der Waals surface area contributed by atoms with E-state index in [0.29, 0.717) is 5.56 Å². The summed E-state index contributed by atoms with van der Waals surface area (Å²) in [4.78, 5) is 10.9. The summed E-state index contributed by atoms with van der Waals surface area (Å²) in [7, 11) is 0. The molecule has 13 heavy (non-hydrogen) atoms. The number of halogens is 2. The van der Waals surface area contributed by atoms with Gasteiger partial charge in [-0.25, -0.2) is 0 Å². The molecule has 0 saturated carbocycles. The highest BCUT2D eigenvalue weighted by molar-refractivity contribution is 14.1. The molecule has 0 unspecified atom stereocenters. The fourth-order valence-corrected chi connectivity index (χ4v) is 1.70. The van der Waals surface area contributed by atoms with Crippen LogP contribution in [-0.4, -0.2) is 5.24 Å². The van der Waals surface area contributed by atoms with E-state index in [4.69, 9.17) is 16.9 Å². The Kier molecular flexibility index (Phi) is 3.28. The number of hydrogen-bond donors (Lipinski definition) is 0. The first-order chi connectivity index (χ1) is 6.07. The number of aryl methyl sites for hydroxylation is 1. The van der Waals surface area contributed by atoms with Crippen LogP contribution < -0.4 is 0 Å². The molecule has 0 amide bonds. The van der Waals surface area contributed by atoms with Crippen LogP contribution in [0, 0.1) is 21.8 Å². The SMILES string of the molecule is Cc1ccc(C(=O)Cl)c(C#N)c1I. The third kappa shape index (κ3) is 2.01. The van der Waals surface area contributed by atoms with Crippen molar-refractivity contribution >= 4 is 39.4 Å². The molecular formula is C9H5ClINO. The Morgan fingerprint density at radius 3 is 2.69 bits per heavy atom. The second kappa shape index (κ2) is 4.07. The topological polar surface area (TPSA) is 40.9 Å². The summed E-state index contributed by atoms with van der Waals surface area (Å²) in [5, 5.41) is 8.22. The summed E-state index contributed by atoms with van der Waals surface area (Å²) in [6, 6.07) is 5.32. The summed E-state index contributed by atoms with van der Waals surface area (Å²) in [5.74, 6) is 0. The molecule has 0 fully saturated rings. The third-order valence-electron chi connectivity index (χ3n) is 1.66. The van der Waals surface area contributed by atoms with Crippen LogP contribution in [0.2, 0.25) is 0 Å². The quantitative estimate of drug-likeness (QED) is 0.591. The van der Waals surface area contributed by atoms with Crippen LogP contribution in [0.25, 0.3) is 0 Å². The first-order valence-electron chi connectivity index (χ1n) is 3.47. The molecule has 0 radical (unpaired) electrons. The van der Waals surface area contributed by atoms with Crippen LogP contribution in [-0.2, 0) is 0 Å². The minimum absolute atomic E-state index is 0.277. The van der Waals surface area contributed by atoms with Gasteiger partial charge in [0.15, 0.2) is 0 Å². The molecule has 0 saturated heterocycles. The lowest BCUT2D eigenvalue weighted by molar-refractivity contribution is 0.108. The smallest absolute Gasteiger partial charge is 0.253 e. The molecule has 0 aliphatic rings. The Bertz CT molecular complexity index is 409. The van der Waals surface area contributed by atoms with Gasteiger partial charge >= 0.3 is 0 Å². The van der Waals surface area contributed by atoms with Crippen molar-refractivity contribution < 1.29 is 4.79 Å². The van der Waals surface area contributed by atoms with E-state index in [0.717, 1.165) is 9.13 Å². The van der Waals surface area contributed by atoms with Gasteiger partial charge in [-0.3, -0.25) is 4.79 Å². The van der Waals surface area contributed by atoms with Crippen molar-refractivity contribution in [2.45, 2.75) is 6.92 Å². The molecule has 66 valence electrons. The minimum atomic E-state index is -0.588. The number of hydrogen-bond acceptors (Lipinski definition) is 2. The summed E-state index contributed by atoms with van der Waals surface area (Å²) in [6.07, 6.45) is 0.